The van der Waals surface area contributed by atoms with Gasteiger partial charge in [0.15, 0.2) is 6.61 Å². The molecule has 1 fully saturated rings. The van der Waals surface area contributed by atoms with Crippen LogP contribution < -0.4 is 10.1 Å². The van der Waals surface area contributed by atoms with Gasteiger partial charge in [0.1, 0.15) is 18.1 Å². The standard InChI is InChI=1S/C26H36N4O5/c1-18(2)25-27-9-12-30(25)15-24(34)29-10-7-26(8-11-29)14-21(32)20(31)13-19-5-3-4-6-22(19)35-16-23(33)28-17-26/h3-6,9,12,18,20-21,31-32H,7-8,10-11,13-17H2,1-2H3,(H,28,33)/t20-,21+/m0/s1. The number of carbonyl (C=O) groups excluding carboxylic acids is 2. The van der Waals surface area contributed by atoms with E-state index in [4.69, 9.17) is 4.74 Å². The van der Waals surface area contributed by atoms with E-state index in [1.807, 2.05) is 33.9 Å². The fourth-order valence-corrected chi connectivity index (χ4v) is 5.12. The summed E-state index contributed by atoms with van der Waals surface area (Å²) in [5, 5.41) is 24.6. The number of rotatable bonds is 3. The van der Waals surface area contributed by atoms with Crippen LogP contribution in [0.5, 0.6) is 5.75 Å². The van der Waals surface area contributed by atoms with Crippen LogP contribution in [0.25, 0.3) is 0 Å². The second-order valence-corrected chi connectivity index (χ2v) is 10.2. The van der Waals surface area contributed by atoms with E-state index in [1.165, 1.54) is 0 Å². The second-order valence-electron chi connectivity index (χ2n) is 10.2. The van der Waals surface area contributed by atoms with Crippen LogP contribution in [0.1, 0.15) is 50.4 Å². The zero-order chi connectivity index (χ0) is 25.0. The summed E-state index contributed by atoms with van der Waals surface area (Å²) in [6.45, 7) is 5.66. The molecule has 0 unspecified atom stereocenters. The third kappa shape index (κ3) is 6.02. The molecular formula is C26H36N4O5. The number of likely N-dealkylation sites (tertiary alicyclic amines) is 1. The van der Waals surface area contributed by atoms with Crippen LogP contribution in [-0.4, -0.2) is 74.9 Å². The molecule has 0 bridgehead atoms. The fourth-order valence-electron chi connectivity index (χ4n) is 5.12. The summed E-state index contributed by atoms with van der Waals surface area (Å²) in [5.74, 6) is 1.45. The molecule has 2 atom stereocenters. The van der Waals surface area contributed by atoms with Crippen LogP contribution in [0.15, 0.2) is 36.7 Å². The van der Waals surface area contributed by atoms with E-state index in [9.17, 15) is 19.8 Å². The molecule has 1 aromatic carbocycles. The van der Waals surface area contributed by atoms with Crippen molar-refractivity contribution in [2.24, 2.45) is 5.41 Å². The number of benzene rings is 1. The number of para-hydroxylation sites is 1. The first-order chi connectivity index (χ1) is 16.8. The van der Waals surface area contributed by atoms with Crippen molar-refractivity contribution in [2.45, 2.75) is 64.2 Å². The summed E-state index contributed by atoms with van der Waals surface area (Å²) in [6.07, 6.45) is 3.47. The molecule has 2 amide bonds. The number of aromatic nitrogens is 2. The number of hydrogen-bond acceptors (Lipinski definition) is 6. The Kier molecular flexibility index (Phi) is 7.76. The quantitative estimate of drug-likeness (QED) is 0.608. The predicted octanol–water partition coefficient (Wildman–Crippen LogP) is 1.48. The fraction of sp³-hybridized carbons (Fsp3) is 0.577. The molecule has 1 saturated heterocycles. The lowest BCUT2D eigenvalue weighted by atomic mass is 9.73. The van der Waals surface area contributed by atoms with Gasteiger partial charge in [-0.1, -0.05) is 32.0 Å². The smallest absolute Gasteiger partial charge is 0.257 e. The van der Waals surface area contributed by atoms with Crippen LogP contribution in [0.3, 0.4) is 0 Å². The van der Waals surface area contributed by atoms with E-state index in [2.05, 4.69) is 24.1 Å². The highest BCUT2D eigenvalue weighted by atomic mass is 16.5. The van der Waals surface area contributed by atoms with Crippen LogP contribution in [0.2, 0.25) is 0 Å². The van der Waals surface area contributed by atoms with Gasteiger partial charge in [-0.25, -0.2) is 4.98 Å². The average molecular weight is 485 g/mol. The van der Waals surface area contributed by atoms with E-state index < -0.39 is 17.6 Å². The zero-order valence-corrected chi connectivity index (χ0v) is 20.5. The Morgan fingerprint density at radius 1 is 1.23 bits per heavy atom. The second kappa shape index (κ2) is 10.8. The van der Waals surface area contributed by atoms with E-state index in [1.54, 1.807) is 12.3 Å². The number of ether oxygens (including phenoxy) is 1. The number of aliphatic hydroxyl groups excluding tert-OH is 2. The first kappa shape index (κ1) is 25.2. The molecule has 9 heteroatoms. The minimum atomic E-state index is -0.957. The van der Waals surface area contributed by atoms with Crippen molar-refractivity contribution < 1.29 is 24.5 Å². The van der Waals surface area contributed by atoms with Gasteiger partial charge in [-0.05, 0) is 36.3 Å². The molecule has 0 saturated carbocycles. The topological polar surface area (TPSA) is 117 Å². The Bertz CT molecular complexity index is 1030. The normalized spacial score (nSPS) is 23.1. The van der Waals surface area contributed by atoms with Gasteiger partial charge in [-0.3, -0.25) is 9.59 Å². The number of hydrogen-bond donors (Lipinski definition) is 3. The molecule has 9 nitrogen and oxygen atoms in total. The predicted molar refractivity (Wildman–Crippen MR) is 130 cm³/mol. The minimum Gasteiger partial charge on any atom is -0.483 e. The molecule has 1 spiro atoms. The van der Waals surface area contributed by atoms with Crippen molar-refractivity contribution in [3.8, 4) is 5.75 Å². The van der Waals surface area contributed by atoms with Gasteiger partial charge in [-0.15, -0.1) is 0 Å². The maximum atomic E-state index is 13.0. The van der Waals surface area contributed by atoms with Gasteiger partial charge < -0.3 is 29.7 Å². The number of nitrogens with zero attached hydrogens (tertiary/aromatic N) is 3. The Morgan fingerprint density at radius 2 is 1.97 bits per heavy atom. The Morgan fingerprint density at radius 3 is 2.71 bits per heavy atom. The first-order valence-electron chi connectivity index (χ1n) is 12.4. The highest BCUT2D eigenvalue weighted by Crippen LogP contribution is 2.37. The highest BCUT2D eigenvalue weighted by molar-refractivity contribution is 5.77. The van der Waals surface area contributed by atoms with E-state index in [0.717, 1.165) is 11.4 Å². The van der Waals surface area contributed by atoms with Gasteiger partial charge >= 0.3 is 0 Å². The lowest BCUT2D eigenvalue weighted by molar-refractivity contribution is -0.135. The third-order valence-corrected chi connectivity index (χ3v) is 7.25. The lowest BCUT2D eigenvalue weighted by Gasteiger charge is -2.43. The summed E-state index contributed by atoms with van der Waals surface area (Å²) >= 11 is 0. The van der Waals surface area contributed by atoms with Crippen LogP contribution >= 0.6 is 0 Å². The Labute approximate surface area is 206 Å². The van der Waals surface area contributed by atoms with Crippen molar-refractivity contribution in [2.75, 3.05) is 26.2 Å². The molecule has 3 heterocycles. The van der Waals surface area contributed by atoms with Crippen LogP contribution in [0, 0.1) is 5.41 Å². The molecule has 35 heavy (non-hydrogen) atoms. The molecule has 2 aliphatic rings. The maximum absolute atomic E-state index is 13.0. The summed E-state index contributed by atoms with van der Waals surface area (Å²) < 4.78 is 7.59. The lowest BCUT2D eigenvalue weighted by Crippen LogP contribution is -2.51. The zero-order valence-electron chi connectivity index (χ0n) is 20.5. The monoisotopic (exact) mass is 484 g/mol. The molecule has 3 N–H and O–H groups in total. The molecule has 0 aliphatic carbocycles. The highest BCUT2D eigenvalue weighted by Gasteiger charge is 2.39. The van der Waals surface area contributed by atoms with Crippen molar-refractivity contribution in [3.05, 3.63) is 48.0 Å². The molecule has 4 rings (SSSR count). The molecule has 2 aromatic rings. The van der Waals surface area contributed by atoms with Crippen molar-refractivity contribution in [1.82, 2.24) is 19.8 Å². The maximum Gasteiger partial charge on any atom is 0.257 e. The van der Waals surface area contributed by atoms with Gasteiger partial charge in [0.05, 0.1) is 12.2 Å². The molecule has 0 radical (unpaired) electrons. The van der Waals surface area contributed by atoms with Gasteiger partial charge in [0, 0.05) is 44.4 Å². The van der Waals surface area contributed by atoms with Gasteiger partial charge in [0.25, 0.3) is 5.91 Å². The third-order valence-electron chi connectivity index (χ3n) is 7.25. The van der Waals surface area contributed by atoms with Gasteiger partial charge in [-0.2, -0.15) is 0 Å². The minimum absolute atomic E-state index is 0.0301. The van der Waals surface area contributed by atoms with E-state index in [0.29, 0.717) is 44.6 Å². The van der Waals surface area contributed by atoms with Crippen LogP contribution in [0.4, 0.5) is 0 Å². The van der Waals surface area contributed by atoms with Crippen molar-refractivity contribution in [1.29, 1.82) is 0 Å². The average Bonchev–Trinajstić information content (AvgIpc) is 3.30. The van der Waals surface area contributed by atoms with Gasteiger partial charge in [0.2, 0.25) is 5.91 Å². The molecular weight excluding hydrogens is 448 g/mol. The SMILES string of the molecule is CC(C)c1nccn1CC(=O)N1CCC2(CC1)CNC(=O)COc1ccccc1C[C@H](O)[C@H](O)C2. The van der Waals surface area contributed by atoms with Crippen molar-refractivity contribution in [3.63, 3.8) is 0 Å². The first-order valence-corrected chi connectivity index (χ1v) is 12.4. The number of carbonyl (C=O) groups is 2. The molecule has 1 aromatic heterocycles. The van der Waals surface area contributed by atoms with Crippen LogP contribution in [-0.2, 0) is 22.6 Å². The number of aliphatic hydroxyl groups is 2. The largest absolute Gasteiger partial charge is 0.483 e. The molecule has 2 aliphatic heterocycles. The molecule has 190 valence electrons. The number of fused-ring (bicyclic) bond motifs is 1. The van der Waals surface area contributed by atoms with Crippen molar-refractivity contribution >= 4 is 11.8 Å². The number of imidazole rings is 1. The van der Waals surface area contributed by atoms with E-state index >= 15 is 0 Å². The summed E-state index contributed by atoms with van der Waals surface area (Å²) in [7, 11) is 0. The number of piperidine rings is 1. The summed E-state index contributed by atoms with van der Waals surface area (Å²) in [6, 6.07) is 7.25. The summed E-state index contributed by atoms with van der Waals surface area (Å²) in [4.78, 5) is 31.7. The number of amides is 2. The Hall–Kier alpha value is -2.91. The van der Waals surface area contributed by atoms with E-state index in [-0.39, 0.29) is 37.3 Å². The summed E-state index contributed by atoms with van der Waals surface area (Å²) in [5.41, 5.74) is 0.339. The number of nitrogens with one attached hydrogen (secondary N) is 1. The Balaban J connectivity index is 1.43.